The Morgan fingerprint density at radius 3 is 1.94 bits per heavy atom. The smallest absolute Gasteiger partial charge is 0.119 e. The van der Waals surface area contributed by atoms with Crippen molar-refractivity contribution in [3.63, 3.8) is 0 Å². The Hall–Kier alpha value is -1.80. The van der Waals surface area contributed by atoms with E-state index in [9.17, 15) is 5.11 Å². The van der Waals surface area contributed by atoms with Gasteiger partial charge in [-0.1, -0.05) is 18.2 Å². The minimum absolute atomic E-state index is 0.292. The van der Waals surface area contributed by atoms with Crippen molar-refractivity contribution in [1.82, 2.24) is 0 Å². The van der Waals surface area contributed by atoms with E-state index in [0.717, 1.165) is 28.7 Å². The SMILES string of the molecule is C=CCc1c(O)cc(CN)c(CC=C)c1CC=C. The van der Waals surface area contributed by atoms with Crippen LogP contribution in [0.3, 0.4) is 0 Å². The lowest BCUT2D eigenvalue weighted by Crippen LogP contribution is -2.07. The van der Waals surface area contributed by atoms with Gasteiger partial charge in [-0.2, -0.15) is 0 Å². The maximum Gasteiger partial charge on any atom is 0.119 e. The summed E-state index contributed by atoms with van der Waals surface area (Å²) >= 11 is 0. The first-order valence-electron chi connectivity index (χ1n) is 6.07. The minimum Gasteiger partial charge on any atom is -0.508 e. The molecule has 0 aliphatic carbocycles. The predicted molar refractivity (Wildman–Crippen MR) is 77.7 cm³/mol. The molecule has 0 heterocycles. The molecule has 0 unspecified atom stereocenters. The maximum atomic E-state index is 10.1. The number of phenols is 1. The van der Waals surface area contributed by atoms with E-state index in [1.165, 1.54) is 0 Å². The second kappa shape index (κ2) is 6.82. The van der Waals surface area contributed by atoms with Gasteiger partial charge in [-0.25, -0.2) is 0 Å². The quantitative estimate of drug-likeness (QED) is 0.723. The molecule has 0 atom stereocenters. The van der Waals surface area contributed by atoms with Crippen LogP contribution in [-0.2, 0) is 25.8 Å². The Bertz CT molecular complexity index is 461. The van der Waals surface area contributed by atoms with E-state index in [0.29, 0.717) is 25.1 Å². The fourth-order valence-electron chi connectivity index (χ4n) is 2.21. The first-order valence-corrected chi connectivity index (χ1v) is 6.07. The molecule has 0 aliphatic heterocycles. The molecule has 0 saturated heterocycles. The molecule has 0 spiro atoms. The Morgan fingerprint density at radius 1 is 0.944 bits per heavy atom. The summed E-state index contributed by atoms with van der Waals surface area (Å²) in [6, 6.07) is 1.75. The number of allylic oxidation sites excluding steroid dienone is 3. The van der Waals surface area contributed by atoms with E-state index < -0.39 is 0 Å². The van der Waals surface area contributed by atoms with E-state index in [-0.39, 0.29) is 0 Å². The molecule has 1 aromatic carbocycles. The lowest BCUT2D eigenvalue weighted by molar-refractivity contribution is 0.467. The van der Waals surface area contributed by atoms with Crippen LogP contribution < -0.4 is 5.73 Å². The zero-order valence-corrected chi connectivity index (χ0v) is 10.8. The van der Waals surface area contributed by atoms with Crippen LogP contribution in [0.1, 0.15) is 22.3 Å². The van der Waals surface area contributed by atoms with Crippen LogP contribution in [0.4, 0.5) is 0 Å². The van der Waals surface area contributed by atoms with Gasteiger partial charge in [0.25, 0.3) is 0 Å². The Morgan fingerprint density at radius 2 is 1.44 bits per heavy atom. The number of nitrogens with two attached hydrogens (primary N) is 1. The molecule has 18 heavy (non-hydrogen) atoms. The summed E-state index contributed by atoms with van der Waals surface area (Å²) < 4.78 is 0. The van der Waals surface area contributed by atoms with Crippen LogP contribution in [0.5, 0.6) is 5.75 Å². The average molecular weight is 243 g/mol. The Kier molecular flexibility index (Phi) is 5.40. The lowest BCUT2D eigenvalue weighted by Gasteiger charge is -2.17. The second-order valence-corrected chi connectivity index (χ2v) is 4.17. The van der Waals surface area contributed by atoms with Crippen molar-refractivity contribution >= 4 is 0 Å². The summed E-state index contributed by atoms with van der Waals surface area (Å²) in [6.07, 6.45) is 7.60. The summed E-state index contributed by atoms with van der Waals surface area (Å²) in [6.45, 7) is 11.7. The molecule has 0 fully saturated rings. The number of phenolic OH excluding ortho intramolecular Hbond substituents is 1. The number of hydrogen-bond acceptors (Lipinski definition) is 2. The average Bonchev–Trinajstić information content (AvgIpc) is 2.36. The fourth-order valence-corrected chi connectivity index (χ4v) is 2.21. The van der Waals surface area contributed by atoms with Gasteiger partial charge in [-0.15, -0.1) is 19.7 Å². The van der Waals surface area contributed by atoms with Crippen molar-refractivity contribution in [2.75, 3.05) is 0 Å². The van der Waals surface area contributed by atoms with Crippen molar-refractivity contribution in [2.45, 2.75) is 25.8 Å². The number of rotatable bonds is 7. The van der Waals surface area contributed by atoms with Crippen molar-refractivity contribution in [3.8, 4) is 5.75 Å². The van der Waals surface area contributed by atoms with E-state index in [1.807, 2.05) is 12.2 Å². The topological polar surface area (TPSA) is 46.2 Å². The van der Waals surface area contributed by atoms with Gasteiger partial charge in [-0.3, -0.25) is 0 Å². The van der Waals surface area contributed by atoms with Crippen LogP contribution in [0, 0.1) is 0 Å². The first kappa shape index (κ1) is 14.3. The lowest BCUT2D eigenvalue weighted by atomic mass is 9.89. The van der Waals surface area contributed by atoms with Crippen molar-refractivity contribution < 1.29 is 5.11 Å². The van der Waals surface area contributed by atoms with Crippen LogP contribution in [0.25, 0.3) is 0 Å². The van der Waals surface area contributed by atoms with E-state index in [4.69, 9.17) is 5.73 Å². The molecule has 1 rings (SSSR count). The van der Waals surface area contributed by atoms with Gasteiger partial charge in [0.1, 0.15) is 5.75 Å². The van der Waals surface area contributed by atoms with Gasteiger partial charge in [0.2, 0.25) is 0 Å². The molecule has 0 saturated carbocycles. The van der Waals surface area contributed by atoms with Crippen molar-refractivity contribution in [2.24, 2.45) is 5.73 Å². The second-order valence-electron chi connectivity index (χ2n) is 4.17. The van der Waals surface area contributed by atoms with Crippen LogP contribution in [-0.4, -0.2) is 5.11 Å². The van der Waals surface area contributed by atoms with E-state index in [2.05, 4.69) is 19.7 Å². The van der Waals surface area contributed by atoms with Crippen molar-refractivity contribution in [1.29, 1.82) is 0 Å². The third kappa shape index (κ3) is 2.90. The normalized spacial score (nSPS) is 10.1. The molecule has 2 nitrogen and oxygen atoms in total. The summed E-state index contributed by atoms with van der Waals surface area (Å²) in [7, 11) is 0. The van der Waals surface area contributed by atoms with Crippen LogP contribution >= 0.6 is 0 Å². The molecule has 0 amide bonds. The molecule has 1 aromatic rings. The van der Waals surface area contributed by atoms with Crippen LogP contribution in [0.2, 0.25) is 0 Å². The monoisotopic (exact) mass is 243 g/mol. The van der Waals surface area contributed by atoms with Gasteiger partial charge in [-0.05, 0) is 42.0 Å². The molecular formula is C16H21NO. The van der Waals surface area contributed by atoms with E-state index >= 15 is 0 Å². The number of benzene rings is 1. The van der Waals surface area contributed by atoms with Gasteiger partial charge < -0.3 is 10.8 Å². The molecule has 3 N–H and O–H groups in total. The fraction of sp³-hybridized carbons (Fsp3) is 0.250. The first-order chi connectivity index (χ1) is 8.69. The highest BCUT2D eigenvalue weighted by atomic mass is 16.3. The van der Waals surface area contributed by atoms with Gasteiger partial charge in [0.05, 0.1) is 0 Å². The van der Waals surface area contributed by atoms with Crippen molar-refractivity contribution in [3.05, 3.63) is 66.3 Å². The summed E-state index contributed by atoms with van der Waals surface area (Å²) in [5.41, 5.74) is 9.89. The van der Waals surface area contributed by atoms with E-state index in [1.54, 1.807) is 12.1 Å². The standard InChI is InChI=1S/C16H21NO/c1-4-7-13-12(11-17)10-16(18)15(9-6-3)14(13)8-5-2/h4-6,10,18H,1-3,7-9,11,17H2. The molecule has 96 valence electrons. The Labute approximate surface area is 109 Å². The van der Waals surface area contributed by atoms with Gasteiger partial charge in [0, 0.05) is 12.1 Å². The summed E-state index contributed by atoms with van der Waals surface area (Å²) in [4.78, 5) is 0. The molecule has 0 bridgehead atoms. The van der Waals surface area contributed by atoms with Gasteiger partial charge >= 0.3 is 0 Å². The van der Waals surface area contributed by atoms with Gasteiger partial charge in [0.15, 0.2) is 0 Å². The largest absolute Gasteiger partial charge is 0.508 e. The highest BCUT2D eigenvalue weighted by molar-refractivity contribution is 5.51. The summed E-state index contributed by atoms with van der Waals surface area (Å²) in [5, 5.41) is 10.1. The number of hydrogen-bond donors (Lipinski definition) is 2. The van der Waals surface area contributed by atoms with Crippen LogP contribution in [0.15, 0.2) is 44.0 Å². The number of aromatic hydroxyl groups is 1. The highest BCUT2D eigenvalue weighted by Crippen LogP contribution is 2.30. The third-order valence-electron chi connectivity index (χ3n) is 3.00. The molecule has 0 radical (unpaired) electrons. The predicted octanol–water partition coefficient (Wildman–Crippen LogP) is 3.04. The Balaban J connectivity index is 3.50. The summed E-state index contributed by atoms with van der Waals surface area (Å²) in [5.74, 6) is 0.292. The molecular weight excluding hydrogens is 222 g/mol. The zero-order valence-electron chi connectivity index (χ0n) is 10.8. The third-order valence-corrected chi connectivity index (χ3v) is 3.00. The highest BCUT2D eigenvalue weighted by Gasteiger charge is 2.14. The molecule has 0 aliphatic rings. The zero-order chi connectivity index (χ0) is 13.5. The maximum absolute atomic E-state index is 10.1. The molecule has 2 heteroatoms. The molecule has 0 aromatic heterocycles. The minimum atomic E-state index is 0.292.